The summed E-state index contributed by atoms with van der Waals surface area (Å²) in [5.41, 5.74) is 0. The van der Waals surface area contributed by atoms with Gasteiger partial charge >= 0.3 is 5.97 Å². The van der Waals surface area contributed by atoms with Gasteiger partial charge in [0, 0.05) is 31.7 Å². The molecule has 0 spiro atoms. The quantitative estimate of drug-likeness (QED) is 0.798. The van der Waals surface area contributed by atoms with E-state index in [0.717, 1.165) is 6.42 Å². The monoisotopic (exact) mass is 255 g/mol. The van der Waals surface area contributed by atoms with Gasteiger partial charge in [0.25, 0.3) is 0 Å². The minimum absolute atomic E-state index is 0.00579. The highest BCUT2D eigenvalue weighted by molar-refractivity contribution is 5.81. The maximum absolute atomic E-state index is 12.5. The lowest BCUT2D eigenvalue weighted by atomic mass is 9.88. The van der Waals surface area contributed by atoms with Crippen LogP contribution in [0.4, 0.5) is 0 Å². The molecule has 0 aliphatic carbocycles. The normalized spacial score (nSPS) is 36.7. The summed E-state index contributed by atoms with van der Waals surface area (Å²) in [6.45, 7) is 5.69. The number of ether oxygens (including phenoxy) is 1. The predicted molar refractivity (Wildman–Crippen MR) is 65.0 cm³/mol. The summed E-state index contributed by atoms with van der Waals surface area (Å²) >= 11 is 0. The number of carbonyl (C=O) groups is 2. The molecule has 5 nitrogen and oxygen atoms in total. The van der Waals surface area contributed by atoms with E-state index < -0.39 is 11.9 Å². The van der Waals surface area contributed by atoms with Crippen LogP contribution in [0.1, 0.15) is 26.7 Å². The lowest BCUT2D eigenvalue weighted by Crippen LogP contribution is -2.45. The number of amides is 1. The van der Waals surface area contributed by atoms with E-state index >= 15 is 0 Å². The number of aliphatic carboxylic acids is 1. The van der Waals surface area contributed by atoms with Gasteiger partial charge in [0.05, 0.1) is 5.92 Å². The van der Waals surface area contributed by atoms with Crippen LogP contribution >= 0.6 is 0 Å². The molecule has 2 rings (SSSR count). The Balaban J connectivity index is 2.03. The molecule has 102 valence electrons. The number of carboxylic acid groups (broad SMARTS) is 1. The molecule has 4 atom stereocenters. The van der Waals surface area contributed by atoms with Crippen molar-refractivity contribution in [2.75, 3.05) is 19.8 Å². The molecule has 0 saturated carbocycles. The Bertz CT molecular complexity index is 344. The molecule has 2 saturated heterocycles. The van der Waals surface area contributed by atoms with Crippen LogP contribution in [0.5, 0.6) is 0 Å². The first kappa shape index (κ1) is 13.3. The van der Waals surface area contributed by atoms with Crippen molar-refractivity contribution in [2.24, 2.45) is 17.8 Å². The molecule has 2 aliphatic rings. The van der Waals surface area contributed by atoms with E-state index in [2.05, 4.69) is 0 Å². The number of rotatable bonds is 2. The molecule has 1 amide bonds. The predicted octanol–water partition coefficient (Wildman–Crippen LogP) is 0.981. The standard InChI is InChI=1S/C13H21NO4/c1-8-7-18-6-4-10(8)12(15)14-5-3-11(9(14)2)13(16)17/h8-11H,3-7H2,1-2H3,(H,16,17). The van der Waals surface area contributed by atoms with E-state index in [4.69, 9.17) is 9.84 Å². The number of carboxylic acids is 1. The van der Waals surface area contributed by atoms with E-state index in [1.165, 1.54) is 0 Å². The SMILES string of the molecule is CC1COCCC1C(=O)N1CCC(C(=O)O)C1C. The van der Waals surface area contributed by atoms with Crippen LogP contribution in [0.3, 0.4) is 0 Å². The third-order valence-corrected chi connectivity index (χ3v) is 4.31. The highest BCUT2D eigenvalue weighted by atomic mass is 16.5. The van der Waals surface area contributed by atoms with Gasteiger partial charge in [-0.1, -0.05) is 6.92 Å². The minimum atomic E-state index is -0.794. The van der Waals surface area contributed by atoms with Gasteiger partial charge in [0.15, 0.2) is 0 Å². The third-order valence-electron chi connectivity index (χ3n) is 4.31. The zero-order valence-electron chi connectivity index (χ0n) is 11.0. The molecule has 1 N–H and O–H groups in total. The Morgan fingerprint density at radius 3 is 2.50 bits per heavy atom. The number of nitrogens with zero attached hydrogens (tertiary/aromatic N) is 1. The Morgan fingerprint density at radius 1 is 1.22 bits per heavy atom. The van der Waals surface area contributed by atoms with Crippen LogP contribution < -0.4 is 0 Å². The van der Waals surface area contributed by atoms with Crippen molar-refractivity contribution < 1.29 is 19.4 Å². The van der Waals surface area contributed by atoms with E-state index in [0.29, 0.717) is 26.2 Å². The summed E-state index contributed by atoms with van der Waals surface area (Å²) in [4.78, 5) is 25.3. The Kier molecular flexibility index (Phi) is 3.90. The maximum atomic E-state index is 12.5. The van der Waals surface area contributed by atoms with E-state index in [1.54, 1.807) is 4.90 Å². The van der Waals surface area contributed by atoms with Crippen LogP contribution in [0.25, 0.3) is 0 Å². The number of hydrogen-bond donors (Lipinski definition) is 1. The molecule has 0 aromatic carbocycles. The van der Waals surface area contributed by atoms with Gasteiger partial charge in [-0.2, -0.15) is 0 Å². The van der Waals surface area contributed by atoms with Gasteiger partial charge < -0.3 is 14.7 Å². The van der Waals surface area contributed by atoms with Gasteiger partial charge in [-0.3, -0.25) is 9.59 Å². The van der Waals surface area contributed by atoms with Crippen LogP contribution in [0.2, 0.25) is 0 Å². The van der Waals surface area contributed by atoms with E-state index in [-0.39, 0.29) is 23.8 Å². The second-order valence-corrected chi connectivity index (χ2v) is 5.45. The van der Waals surface area contributed by atoms with Gasteiger partial charge in [-0.25, -0.2) is 0 Å². The van der Waals surface area contributed by atoms with Gasteiger partial charge in [0.2, 0.25) is 5.91 Å². The van der Waals surface area contributed by atoms with Crippen LogP contribution in [-0.4, -0.2) is 47.7 Å². The zero-order chi connectivity index (χ0) is 13.3. The summed E-state index contributed by atoms with van der Waals surface area (Å²) in [5, 5.41) is 9.09. The summed E-state index contributed by atoms with van der Waals surface area (Å²) in [6, 6.07) is -0.190. The van der Waals surface area contributed by atoms with Crippen LogP contribution in [0, 0.1) is 17.8 Å². The Labute approximate surface area is 107 Å². The second-order valence-electron chi connectivity index (χ2n) is 5.45. The Hall–Kier alpha value is -1.10. The molecular formula is C13H21NO4. The molecule has 18 heavy (non-hydrogen) atoms. The molecule has 5 heteroatoms. The van der Waals surface area contributed by atoms with Crippen molar-refractivity contribution in [1.29, 1.82) is 0 Å². The molecule has 0 aromatic rings. The topological polar surface area (TPSA) is 66.8 Å². The first-order valence-electron chi connectivity index (χ1n) is 6.63. The van der Waals surface area contributed by atoms with Gasteiger partial charge in [-0.15, -0.1) is 0 Å². The lowest BCUT2D eigenvalue weighted by molar-refractivity contribution is -0.145. The summed E-state index contributed by atoms with van der Waals surface area (Å²) < 4.78 is 5.35. The van der Waals surface area contributed by atoms with Crippen molar-refractivity contribution in [3.8, 4) is 0 Å². The first-order valence-corrected chi connectivity index (χ1v) is 6.63. The van der Waals surface area contributed by atoms with Crippen molar-refractivity contribution in [3.63, 3.8) is 0 Å². The molecule has 2 fully saturated rings. The van der Waals surface area contributed by atoms with Crippen molar-refractivity contribution >= 4 is 11.9 Å². The maximum Gasteiger partial charge on any atom is 0.308 e. The van der Waals surface area contributed by atoms with Gasteiger partial charge in [0.1, 0.15) is 0 Å². The van der Waals surface area contributed by atoms with Crippen molar-refractivity contribution in [2.45, 2.75) is 32.7 Å². The van der Waals surface area contributed by atoms with E-state index in [1.807, 2.05) is 13.8 Å². The second kappa shape index (κ2) is 5.26. The fourth-order valence-corrected chi connectivity index (χ4v) is 3.04. The molecule has 0 aromatic heterocycles. The highest BCUT2D eigenvalue weighted by Crippen LogP contribution is 2.30. The molecule has 4 unspecified atom stereocenters. The van der Waals surface area contributed by atoms with Gasteiger partial charge in [-0.05, 0) is 25.7 Å². The lowest BCUT2D eigenvalue weighted by Gasteiger charge is -2.33. The van der Waals surface area contributed by atoms with Crippen molar-refractivity contribution in [3.05, 3.63) is 0 Å². The largest absolute Gasteiger partial charge is 0.481 e. The summed E-state index contributed by atoms with van der Waals surface area (Å²) in [5.74, 6) is -0.875. The molecule has 0 bridgehead atoms. The van der Waals surface area contributed by atoms with E-state index in [9.17, 15) is 9.59 Å². The number of likely N-dealkylation sites (tertiary alicyclic amines) is 1. The first-order chi connectivity index (χ1) is 8.52. The molecule has 2 heterocycles. The number of hydrogen-bond acceptors (Lipinski definition) is 3. The molecule has 2 aliphatic heterocycles. The average Bonchev–Trinajstić information content (AvgIpc) is 2.71. The summed E-state index contributed by atoms with van der Waals surface area (Å²) in [7, 11) is 0. The zero-order valence-corrected chi connectivity index (χ0v) is 11.0. The molecule has 0 radical (unpaired) electrons. The average molecular weight is 255 g/mol. The van der Waals surface area contributed by atoms with Crippen molar-refractivity contribution in [1.82, 2.24) is 4.90 Å². The van der Waals surface area contributed by atoms with Crippen LogP contribution in [-0.2, 0) is 14.3 Å². The fraction of sp³-hybridized carbons (Fsp3) is 0.846. The smallest absolute Gasteiger partial charge is 0.308 e. The minimum Gasteiger partial charge on any atom is -0.481 e. The fourth-order valence-electron chi connectivity index (χ4n) is 3.04. The number of carbonyl (C=O) groups excluding carboxylic acids is 1. The van der Waals surface area contributed by atoms with Crippen LogP contribution in [0.15, 0.2) is 0 Å². The Morgan fingerprint density at radius 2 is 1.94 bits per heavy atom. The highest BCUT2D eigenvalue weighted by Gasteiger charge is 2.41. The molecular weight excluding hydrogens is 234 g/mol. The third kappa shape index (κ3) is 2.36. The summed E-state index contributed by atoms with van der Waals surface area (Å²) in [6.07, 6.45) is 1.32.